The van der Waals surface area contributed by atoms with Gasteiger partial charge in [0.05, 0.1) is 15.7 Å². The Labute approximate surface area is 133 Å². The molecule has 0 atom stereocenters. The molecule has 0 saturated heterocycles. The van der Waals surface area contributed by atoms with E-state index in [9.17, 15) is 8.42 Å². The lowest BCUT2D eigenvalue weighted by molar-refractivity contribution is 0.578. The van der Waals surface area contributed by atoms with Gasteiger partial charge in [-0.2, -0.15) is 5.10 Å². The SMILES string of the molecule is CCNCc1n[nH]c(C)c1S(=O)(=O)NCc1ccc(Cl)s1. The van der Waals surface area contributed by atoms with E-state index >= 15 is 0 Å². The van der Waals surface area contributed by atoms with E-state index in [1.165, 1.54) is 11.3 Å². The van der Waals surface area contributed by atoms with Crippen molar-refractivity contribution in [2.45, 2.75) is 31.8 Å². The molecule has 9 heteroatoms. The van der Waals surface area contributed by atoms with Gasteiger partial charge in [0.2, 0.25) is 10.0 Å². The smallest absolute Gasteiger partial charge is 0.244 e. The van der Waals surface area contributed by atoms with Gasteiger partial charge < -0.3 is 5.32 Å². The van der Waals surface area contributed by atoms with Crippen molar-refractivity contribution in [3.05, 3.63) is 32.7 Å². The van der Waals surface area contributed by atoms with Gasteiger partial charge in [-0.15, -0.1) is 11.3 Å². The summed E-state index contributed by atoms with van der Waals surface area (Å²) in [5, 5.41) is 9.86. The highest BCUT2D eigenvalue weighted by Gasteiger charge is 2.23. The summed E-state index contributed by atoms with van der Waals surface area (Å²) in [7, 11) is -3.62. The molecule has 0 radical (unpaired) electrons. The fourth-order valence-electron chi connectivity index (χ4n) is 1.87. The van der Waals surface area contributed by atoms with Crippen molar-refractivity contribution < 1.29 is 8.42 Å². The van der Waals surface area contributed by atoms with Crippen LogP contribution in [-0.2, 0) is 23.1 Å². The highest BCUT2D eigenvalue weighted by atomic mass is 35.5. The van der Waals surface area contributed by atoms with Crippen LogP contribution in [0.25, 0.3) is 0 Å². The van der Waals surface area contributed by atoms with Crippen molar-refractivity contribution in [2.24, 2.45) is 0 Å². The van der Waals surface area contributed by atoms with E-state index in [1.54, 1.807) is 19.1 Å². The van der Waals surface area contributed by atoms with Crippen LogP contribution in [0.3, 0.4) is 0 Å². The molecule has 0 unspecified atom stereocenters. The second-order valence-electron chi connectivity index (χ2n) is 4.44. The Kier molecular flexibility index (Phi) is 5.39. The van der Waals surface area contributed by atoms with E-state index in [-0.39, 0.29) is 11.4 Å². The molecule has 2 rings (SSSR count). The quantitative estimate of drug-likeness (QED) is 0.714. The average Bonchev–Trinajstić information content (AvgIpc) is 3.00. The molecular weight excluding hydrogens is 332 g/mol. The van der Waals surface area contributed by atoms with Gasteiger partial charge in [0.25, 0.3) is 0 Å². The summed E-state index contributed by atoms with van der Waals surface area (Å²) >= 11 is 7.19. The number of halogens is 1. The summed E-state index contributed by atoms with van der Waals surface area (Å²) in [6.07, 6.45) is 0. The number of nitrogens with zero attached hydrogens (tertiary/aromatic N) is 1. The molecule has 2 heterocycles. The predicted molar refractivity (Wildman–Crippen MR) is 84.1 cm³/mol. The Bertz CT molecular complexity index is 709. The van der Waals surface area contributed by atoms with Crippen molar-refractivity contribution in [2.75, 3.05) is 6.54 Å². The minimum atomic E-state index is -3.62. The van der Waals surface area contributed by atoms with Gasteiger partial charge >= 0.3 is 0 Å². The summed E-state index contributed by atoms with van der Waals surface area (Å²) in [4.78, 5) is 1.07. The van der Waals surface area contributed by atoms with Crippen molar-refractivity contribution in [1.82, 2.24) is 20.2 Å². The highest BCUT2D eigenvalue weighted by Crippen LogP contribution is 2.22. The molecule has 6 nitrogen and oxygen atoms in total. The Morgan fingerprint density at radius 1 is 1.38 bits per heavy atom. The maximum absolute atomic E-state index is 12.5. The summed E-state index contributed by atoms with van der Waals surface area (Å²) < 4.78 is 28.1. The number of H-pyrrole nitrogens is 1. The number of thiophene rings is 1. The summed E-state index contributed by atoms with van der Waals surface area (Å²) in [5.41, 5.74) is 1.02. The first kappa shape index (κ1) is 16.4. The van der Waals surface area contributed by atoms with E-state index < -0.39 is 10.0 Å². The molecule has 3 N–H and O–H groups in total. The van der Waals surface area contributed by atoms with Crippen molar-refractivity contribution in [3.63, 3.8) is 0 Å². The fourth-order valence-corrected chi connectivity index (χ4v) is 4.36. The molecular formula is C12H17ClN4O2S2. The molecule has 2 aromatic rings. The summed E-state index contributed by atoms with van der Waals surface area (Å²) in [5.74, 6) is 0. The minimum absolute atomic E-state index is 0.213. The van der Waals surface area contributed by atoms with E-state index in [0.717, 1.165) is 11.4 Å². The van der Waals surface area contributed by atoms with Gasteiger partial charge in [-0.05, 0) is 25.6 Å². The van der Waals surface area contributed by atoms with Crippen LogP contribution in [0.15, 0.2) is 17.0 Å². The van der Waals surface area contributed by atoms with Gasteiger partial charge in [0, 0.05) is 18.0 Å². The van der Waals surface area contributed by atoms with Gasteiger partial charge in [-0.25, -0.2) is 13.1 Å². The van der Waals surface area contributed by atoms with Gasteiger partial charge in [0.15, 0.2) is 0 Å². The monoisotopic (exact) mass is 348 g/mol. The number of hydrogen-bond donors (Lipinski definition) is 3. The van der Waals surface area contributed by atoms with Crippen LogP contribution in [0.5, 0.6) is 0 Å². The van der Waals surface area contributed by atoms with Gasteiger partial charge in [-0.1, -0.05) is 18.5 Å². The second kappa shape index (κ2) is 6.89. The zero-order valence-corrected chi connectivity index (χ0v) is 14.1. The third-order valence-electron chi connectivity index (χ3n) is 2.84. The normalized spacial score (nSPS) is 12.0. The molecule has 0 fully saturated rings. The average molecular weight is 349 g/mol. The lowest BCUT2D eigenvalue weighted by Gasteiger charge is -2.07. The molecule has 0 bridgehead atoms. The summed E-state index contributed by atoms with van der Waals surface area (Å²) in [6.45, 7) is 5.00. The molecule has 0 aliphatic heterocycles. The van der Waals surface area contributed by atoms with Crippen LogP contribution in [0.1, 0.15) is 23.2 Å². The molecule has 0 aromatic carbocycles. The highest BCUT2D eigenvalue weighted by molar-refractivity contribution is 7.89. The van der Waals surface area contributed by atoms with Crippen LogP contribution in [-0.4, -0.2) is 25.2 Å². The first-order valence-corrected chi connectivity index (χ1v) is 9.10. The maximum atomic E-state index is 12.5. The van der Waals surface area contributed by atoms with Crippen molar-refractivity contribution in [3.8, 4) is 0 Å². The van der Waals surface area contributed by atoms with Gasteiger partial charge in [-0.3, -0.25) is 5.10 Å². The number of aromatic amines is 1. The van der Waals surface area contributed by atoms with Crippen molar-refractivity contribution >= 4 is 33.0 Å². The summed E-state index contributed by atoms with van der Waals surface area (Å²) in [6, 6.07) is 3.55. The minimum Gasteiger partial charge on any atom is -0.311 e. The molecule has 0 aliphatic carbocycles. The van der Waals surface area contributed by atoms with E-state index in [2.05, 4.69) is 20.2 Å². The lowest BCUT2D eigenvalue weighted by atomic mass is 10.3. The zero-order valence-electron chi connectivity index (χ0n) is 11.7. The molecule has 0 spiro atoms. The molecule has 116 valence electrons. The number of rotatable bonds is 7. The molecule has 2 aromatic heterocycles. The van der Waals surface area contributed by atoms with Crippen molar-refractivity contribution in [1.29, 1.82) is 0 Å². The number of hydrogen-bond acceptors (Lipinski definition) is 5. The zero-order chi connectivity index (χ0) is 15.5. The fraction of sp³-hybridized carbons (Fsp3) is 0.417. The Morgan fingerprint density at radius 3 is 2.76 bits per heavy atom. The third-order valence-corrected chi connectivity index (χ3v) is 5.67. The first-order chi connectivity index (χ1) is 9.94. The third kappa shape index (κ3) is 4.04. The van der Waals surface area contributed by atoms with Gasteiger partial charge in [0.1, 0.15) is 4.90 Å². The Balaban J connectivity index is 2.17. The standard InChI is InChI=1S/C12H17ClN4O2S2/c1-3-14-7-10-12(8(2)16-17-10)21(18,19)15-6-9-4-5-11(13)20-9/h4-5,14-15H,3,6-7H2,1-2H3,(H,16,17). The van der Waals surface area contributed by atoms with E-state index in [1.807, 2.05) is 6.92 Å². The number of aromatic nitrogens is 2. The Morgan fingerprint density at radius 2 is 2.14 bits per heavy atom. The van der Waals surface area contributed by atoms with E-state index in [4.69, 9.17) is 11.6 Å². The van der Waals surface area contributed by atoms with E-state index in [0.29, 0.717) is 22.3 Å². The first-order valence-electron chi connectivity index (χ1n) is 6.42. The van der Waals surface area contributed by atoms with Crippen LogP contribution in [0.2, 0.25) is 4.34 Å². The van der Waals surface area contributed by atoms with Crippen LogP contribution < -0.4 is 10.0 Å². The Hall–Kier alpha value is -0.930. The molecule has 21 heavy (non-hydrogen) atoms. The van der Waals surface area contributed by atoms with Crippen LogP contribution in [0.4, 0.5) is 0 Å². The number of nitrogens with one attached hydrogen (secondary N) is 3. The number of aryl methyl sites for hydroxylation is 1. The molecule has 0 aliphatic rings. The predicted octanol–water partition coefficient (Wildman–Crippen LogP) is 2.02. The topological polar surface area (TPSA) is 86.9 Å². The second-order valence-corrected chi connectivity index (χ2v) is 7.94. The largest absolute Gasteiger partial charge is 0.311 e. The van der Waals surface area contributed by atoms with Crippen LogP contribution in [0, 0.1) is 6.92 Å². The maximum Gasteiger partial charge on any atom is 0.244 e. The molecule has 0 saturated carbocycles. The molecule has 0 amide bonds. The van der Waals surface area contributed by atoms with Crippen LogP contribution >= 0.6 is 22.9 Å². The number of sulfonamides is 1. The lowest BCUT2D eigenvalue weighted by Crippen LogP contribution is -2.25.